The summed E-state index contributed by atoms with van der Waals surface area (Å²) < 4.78 is 19.9. The average Bonchev–Trinajstić information content (AvgIpc) is 3.00. The summed E-state index contributed by atoms with van der Waals surface area (Å²) in [6.07, 6.45) is 3.69. The Balaban J connectivity index is 1.65. The van der Waals surface area contributed by atoms with Crippen molar-refractivity contribution in [2.24, 2.45) is 17.8 Å². The third kappa shape index (κ3) is 3.82. The maximum atomic E-state index is 6.71. The van der Waals surface area contributed by atoms with Gasteiger partial charge in [-0.2, -0.15) is 0 Å². The van der Waals surface area contributed by atoms with Crippen LogP contribution in [0, 0.1) is 17.8 Å². The molecule has 4 heteroatoms. The first-order valence-electron chi connectivity index (χ1n) is 12.4. The Hall–Kier alpha value is -2.74. The number of hydrogen-bond donors (Lipinski definition) is 0. The van der Waals surface area contributed by atoms with E-state index in [1.54, 1.807) is 0 Å². The molecule has 1 aliphatic rings. The fourth-order valence-corrected chi connectivity index (χ4v) is 6.95. The van der Waals surface area contributed by atoms with Crippen molar-refractivity contribution in [1.82, 2.24) is 0 Å². The fourth-order valence-electron chi connectivity index (χ4n) is 5.74. The smallest absolute Gasteiger partial charge is 0.387 e. The Morgan fingerprint density at radius 1 is 0.765 bits per heavy atom. The zero-order valence-corrected chi connectivity index (χ0v) is 20.9. The minimum absolute atomic E-state index is 0.153. The van der Waals surface area contributed by atoms with Gasteiger partial charge in [-0.15, -0.1) is 0 Å². The minimum Gasteiger partial charge on any atom is -0.399 e. The lowest BCUT2D eigenvalue weighted by Gasteiger charge is -2.35. The molecule has 0 N–H and O–H groups in total. The van der Waals surface area contributed by atoms with Gasteiger partial charge in [-0.3, -0.25) is 4.52 Å². The van der Waals surface area contributed by atoms with Crippen LogP contribution in [0.4, 0.5) is 0 Å². The van der Waals surface area contributed by atoms with Crippen LogP contribution >= 0.6 is 8.24 Å². The van der Waals surface area contributed by atoms with Crippen molar-refractivity contribution in [3.05, 3.63) is 72.8 Å². The average molecular weight is 471 g/mol. The Morgan fingerprint density at radius 2 is 1.32 bits per heavy atom. The zero-order valence-electron chi connectivity index (χ0n) is 20.0. The SMILES string of the molecule is CC1CCC(C(C)C)C(Op2oc3ccc4ccccc4c3c3c(ccc4ccccc43)o2)C1. The van der Waals surface area contributed by atoms with Crippen molar-refractivity contribution in [3.63, 3.8) is 0 Å². The van der Waals surface area contributed by atoms with Crippen LogP contribution in [0.15, 0.2) is 81.2 Å². The predicted molar refractivity (Wildman–Crippen MR) is 143 cm³/mol. The maximum Gasteiger partial charge on any atom is 0.387 e. The van der Waals surface area contributed by atoms with E-state index in [9.17, 15) is 0 Å². The molecule has 0 spiro atoms. The molecular formula is C30H31O3P. The number of fused-ring (bicyclic) bond motifs is 7. The van der Waals surface area contributed by atoms with E-state index < -0.39 is 8.24 Å². The molecule has 3 nitrogen and oxygen atoms in total. The standard InChI is InChI=1S/C30H31O3P/c1-19(2)23-15-12-20(3)18-28(23)33-34-31-26-16-13-21-8-4-6-10-24(21)29(26)30-25-11-7-5-9-22(25)14-17-27(30)32-34/h4-11,13-14,16-17,19-20,23,28H,12,15,18H2,1-3H3. The molecule has 0 amide bonds. The van der Waals surface area contributed by atoms with Gasteiger partial charge in [0.15, 0.2) is 0 Å². The van der Waals surface area contributed by atoms with E-state index in [0.29, 0.717) is 17.8 Å². The van der Waals surface area contributed by atoms with E-state index in [-0.39, 0.29) is 6.10 Å². The second-order valence-electron chi connectivity index (χ2n) is 10.2. The highest BCUT2D eigenvalue weighted by Crippen LogP contribution is 2.43. The number of benzene rings is 4. The highest BCUT2D eigenvalue weighted by molar-refractivity contribution is 7.31. The lowest BCUT2D eigenvalue weighted by molar-refractivity contribution is 0.0746. The van der Waals surface area contributed by atoms with Crippen LogP contribution in [0.25, 0.3) is 43.5 Å². The highest BCUT2D eigenvalue weighted by atomic mass is 31.1. The molecule has 3 atom stereocenters. The molecule has 1 aromatic heterocycles. The molecule has 3 unspecified atom stereocenters. The lowest BCUT2D eigenvalue weighted by Crippen LogP contribution is -2.35. The van der Waals surface area contributed by atoms with Crippen molar-refractivity contribution in [3.8, 4) is 0 Å². The molecule has 0 bridgehead atoms. The first-order chi connectivity index (χ1) is 16.6. The van der Waals surface area contributed by atoms with Gasteiger partial charge in [-0.05, 0) is 64.3 Å². The van der Waals surface area contributed by atoms with Crippen LogP contribution in [0.5, 0.6) is 0 Å². The van der Waals surface area contributed by atoms with Crippen molar-refractivity contribution in [2.45, 2.75) is 46.1 Å². The second-order valence-corrected chi connectivity index (χ2v) is 11.2. The van der Waals surface area contributed by atoms with Gasteiger partial charge < -0.3 is 8.39 Å². The Bertz CT molecular complexity index is 1440. The first-order valence-corrected chi connectivity index (χ1v) is 13.5. The summed E-state index contributed by atoms with van der Waals surface area (Å²) in [5.41, 5.74) is 1.68. The predicted octanol–water partition coefficient (Wildman–Crippen LogP) is 9.49. The number of hydrogen-bond acceptors (Lipinski definition) is 3. The number of rotatable bonds is 3. The fraction of sp³-hybridized carbons (Fsp3) is 0.333. The third-order valence-corrected chi connectivity index (χ3v) is 8.69. The van der Waals surface area contributed by atoms with E-state index in [4.69, 9.17) is 12.9 Å². The van der Waals surface area contributed by atoms with Crippen molar-refractivity contribution in [2.75, 3.05) is 0 Å². The van der Waals surface area contributed by atoms with E-state index in [2.05, 4.69) is 93.6 Å². The lowest BCUT2D eigenvalue weighted by atomic mass is 9.75. The molecule has 0 radical (unpaired) electrons. The summed E-state index contributed by atoms with van der Waals surface area (Å²) in [6, 6.07) is 25.5. The molecule has 4 aromatic carbocycles. The van der Waals surface area contributed by atoms with Gasteiger partial charge in [-0.1, -0.05) is 87.9 Å². The van der Waals surface area contributed by atoms with E-state index in [1.807, 2.05) is 0 Å². The molecule has 34 heavy (non-hydrogen) atoms. The summed E-state index contributed by atoms with van der Waals surface area (Å²) in [4.78, 5) is 0. The Labute approximate surface area is 201 Å². The van der Waals surface area contributed by atoms with Crippen LogP contribution in [-0.2, 0) is 0 Å². The van der Waals surface area contributed by atoms with Gasteiger partial charge in [0, 0.05) is 10.8 Å². The van der Waals surface area contributed by atoms with E-state index in [1.165, 1.54) is 34.4 Å². The largest absolute Gasteiger partial charge is 0.399 e. The van der Waals surface area contributed by atoms with Crippen LogP contribution in [0.1, 0.15) is 40.0 Å². The van der Waals surface area contributed by atoms with Gasteiger partial charge in [-0.25, -0.2) is 0 Å². The van der Waals surface area contributed by atoms with Crippen LogP contribution in [0.3, 0.4) is 0 Å². The van der Waals surface area contributed by atoms with Crippen LogP contribution < -0.4 is 4.52 Å². The topological polar surface area (TPSA) is 35.5 Å². The van der Waals surface area contributed by atoms with Crippen LogP contribution in [0.2, 0.25) is 0 Å². The monoisotopic (exact) mass is 470 g/mol. The Kier molecular flexibility index (Phi) is 5.63. The molecule has 1 fully saturated rings. The molecule has 174 valence electrons. The molecule has 1 saturated carbocycles. The Morgan fingerprint density at radius 3 is 1.88 bits per heavy atom. The third-order valence-electron chi connectivity index (χ3n) is 7.56. The summed E-state index contributed by atoms with van der Waals surface area (Å²) in [5.74, 6) is 1.77. The first kappa shape index (κ1) is 21.8. The van der Waals surface area contributed by atoms with Gasteiger partial charge in [0.05, 0.1) is 6.10 Å². The molecule has 6 rings (SSSR count). The summed E-state index contributed by atoms with van der Waals surface area (Å²) in [7, 11) is -1.58. The van der Waals surface area contributed by atoms with Crippen LogP contribution in [-0.4, -0.2) is 6.10 Å². The van der Waals surface area contributed by atoms with Gasteiger partial charge in [0.2, 0.25) is 0 Å². The van der Waals surface area contributed by atoms with Gasteiger partial charge >= 0.3 is 8.24 Å². The van der Waals surface area contributed by atoms with Gasteiger partial charge in [0.25, 0.3) is 0 Å². The second kappa shape index (κ2) is 8.80. The molecular weight excluding hydrogens is 439 g/mol. The van der Waals surface area contributed by atoms with Crippen molar-refractivity contribution >= 4 is 51.7 Å². The minimum atomic E-state index is -1.58. The van der Waals surface area contributed by atoms with E-state index >= 15 is 0 Å². The molecule has 1 aliphatic carbocycles. The van der Waals surface area contributed by atoms with E-state index in [0.717, 1.165) is 28.4 Å². The molecule has 5 aromatic rings. The van der Waals surface area contributed by atoms with Crippen molar-refractivity contribution in [1.29, 1.82) is 0 Å². The summed E-state index contributed by atoms with van der Waals surface area (Å²) >= 11 is 0. The van der Waals surface area contributed by atoms with Crippen molar-refractivity contribution < 1.29 is 12.9 Å². The molecule has 1 heterocycles. The maximum absolute atomic E-state index is 6.71. The normalized spacial score (nSPS) is 21.1. The summed E-state index contributed by atoms with van der Waals surface area (Å²) in [6.45, 7) is 6.95. The quantitative estimate of drug-likeness (QED) is 0.263. The zero-order chi connectivity index (χ0) is 23.2. The molecule has 0 saturated heterocycles. The summed E-state index contributed by atoms with van der Waals surface area (Å²) in [5, 5.41) is 6.91. The molecule has 0 aliphatic heterocycles. The highest BCUT2D eigenvalue weighted by Gasteiger charge is 2.33. The van der Waals surface area contributed by atoms with Gasteiger partial charge in [0.1, 0.15) is 11.2 Å².